The highest BCUT2D eigenvalue weighted by atomic mass is 16.4. The molecule has 23 heavy (non-hydrogen) atoms. The summed E-state index contributed by atoms with van der Waals surface area (Å²) in [5.41, 5.74) is 0. The lowest BCUT2D eigenvalue weighted by Crippen LogP contribution is -2.03. The number of rotatable bonds is 16. The Kier molecular flexibility index (Phi) is 16.4. The molecule has 0 aromatic rings. The summed E-state index contributed by atoms with van der Waals surface area (Å²) in [6, 6.07) is 0. The SMILES string of the molecule is CC/C=C\CC[C@@H](O)C/C=C\CCCCCCCCCC(=O)O. The van der Waals surface area contributed by atoms with Gasteiger partial charge in [0.25, 0.3) is 0 Å². The van der Waals surface area contributed by atoms with E-state index in [2.05, 4.69) is 31.2 Å². The van der Waals surface area contributed by atoms with Gasteiger partial charge in [-0.25, -0.2) is 0 Å². The smallest absolute Gasteiger partial charge is 0.303 e. The summed E-state index contributed by atoms with van der Waals surface area (Å²) in [7, 11) is 0. The highest BCUT2D eigenvalue weighted by Gasteiger charge is 1.99. The summed E-state index contributed by atoms with van der Waals surface area (Å²) in [6.07, 6.45) is 21.4. The van der Waals surface area contributed by atoms with Crippen molar-refractivity contribution in [3.63, 3.8) is 0 Å². The third-order valence-electron chi connectivity index (χ3n) is 3.91. The van der Waals surface area contributed by atoms with E-state index >= 15 is 0 Å². The van der Waals surface area contributed by atoms with Gasteiger partial charge in [-0.1, -0.05) is 63.3 Å². The van der Waals surface area contributed by atoms with Gasteiger partial charge in [-0.15, -0.1) is 0 Å². The van der Waals surface area contributed by atoms with Crippen molar-refractivity contribution in [2.75, 3.05) is 0 Å². The minimum absolute atomic E-state index is 0.210. The molecule has 0 aliphatic carbocycles. The van der Waals surface area contributed by atoms with Crippen molar-refractivity contribution >= 4 is 5.97 Å². The molecule has 0 aliphatic heterocycles. The van der Waals surface area contributed by atoms with Crippen molar-refractivity contribution in [3.05, 3.63) is 24.3 Å². The Labute approximate surface area is 142 Å². The third-order valence-corrected chi connectivity index (χ3v) is 3.91. The molecule has 3 nitrogen and oxygen atoms in total. The lowest BCUT2D eigenvalue weighted by molar-refractivity contribution is -0.137. The van der Waals surface area contributed by atoms with Crippen molar-refractivity contribution in [2.24, 2.45) is 0 Å². The second-order valence-electron chi connectivity index (χ2n) is 6.23. The molecule has 0 rings (SSSR count). The molecule has 1 atom stereocenters. The normalized spacial score (nSPS) is 13.1. The molecule has 0 aliphatic rings. The summed E-state index contributed by atoms with van der Waals surface area (Å²) in [5, 5.41) is 18.3. The van der Waals surface area contributed by atoms with Crippen LogP contribution in [0.4, 0.5) is 0 Å². The molecule has 0 spiro atoms. The highest BCUT2D eigenvalue weighted by molar-refractivity contribution is 5.66. The van der Waals surface area contributed by atoms with Crippen molar-refractivity contribution in [3.8, 4) is 0 Å². The Morgan fingerprint density at radius 1 is 0.870 bits per heavy atom. The number of hydrogen-bond acceptors (Lipinski definition) is 2. The molecule has 3 heteroatoms. The first-order valence-electron chi connectivity index (χ1n) is 9.36. The first-order chi connectivity index (χ1) is 11.2. The molecular formula is C20H36O3. The summed E-state index contributed by atoms with van der Waals surface area (Å²) < 4.78 is 0. The standard InChI is InChI=1S/C20H36O3/c1-2-3-4-13-16-19(21)17-14-11-9-7-5-6-8-10-12-15-18-20(22)23/h3-4,11,14,19,21H,2,5-10,12-13,15-18H2,1H3,(H,22,23)/b4-3-,14-11-/t19-/m1/s1. The molecule has 0 saturated heterocycles. The second kappa shape index (κ2) is 17.3. The summed E-state index contributed by atoms with van der Waals surface area (Å²) in [5.74, 6) is -0.681. The number of carbonyl (C=O) groups is 1. The van der Waals surface area contributed by atoms with Crippen molar-refractivity contribution < 1.29 is 15.0 Å². The molecule has 0 heterocycles. The van der Waals surface area contributed by atoms with Crippen molar-refractivity contribution in [1.29, 1.82) is 0 Å². The number of aliphatic hydroxyl groups excluding tert-OH is 1. The number of hydrogen-bond donors (Lipinski definition) is 2. The minimum atomic E-state index is -0.681. The number of aliphatic hydroxyl groups is 1. The lowest BCUT2D eigenvalue weighted by Gasteiger charge is -2.05. The molecule has 0 saturated carbocycles. The van der Waals surface area contributed by atoms with Crippen LogP contribution in [-0.4, -0.2) is 22.3 Å². The van der Waals surface area contributed by atoms with Crippen LogP contribution in [0.25, 0.3) is 0 Å². The van der Waals surface area contributed by atoms with E-state index in [1.165, 1.54) is 25.7 Å². The zero-order valence-electron chi connectivity index (χ0n) is 14.9. The van der Waals surface area contributed by atoms with E-state index in [9.17, 15) is 9.90 Å². The molecule has 0 unspecified atom stereocenters. The summed E-state index contributed by atoms with van der Waals surface area (Å²) in [4.78, 5) is 10.4. The molecular weight excluding hydrogens is 288 g/mol. The van der Waals surface area contributed by atoms with E-state index < -0.39 is 5.97 Å². The molecule has 0 amide bonds. The highest BCUT2D eigenvalue weighted by Crippen LogP contribution is 2.10. The van der Waals surface area contributed by atoms with E-state index in [1.807, 2.05) is 0 Å². The van der Waals surface area contributed by atoms with Gasteiger partial charge in [0, 0.05) is 6.42 Å². The molecule has 2 N–H and O–H groups in total. The number of allylic oxidation sites excluding steroid dienone is 3. The van der Waals surface area contributed by atoms with Crippen LogP contribution in [0.2, 0.25) is 0 Å². The Morgan fingerprint density at radius 2 is 1.48 bits per heavy atom. The van der Waals surface area contributed by atoms with Gasteiger partial charge in [-0.2, -0.15) is 0 Å². The van der Waals surface area contributed by atoms with E-state index in [0.717, 1.165) is 51.4 Å². The zero-order valence-corrected chi connectivity index (χ0v) is 14.9. The number of aliphatic carboxylic acids is 1. The van der Waals surface area contributed by atoms with Crippen LogP contribution in [0.1, 0.15) is 90.4 Å². The Morgan fingerprint density at radius 3 is 2.13 bits per heavy atom. The third kappa shape index (κ3) is 18.9. The molecule has 0 radical (unpaired) electrons. The fraction of sp³-hybridized carbons (Fsp3) is 0.750. The van der Waals surface area contributed by atoms with Crippen LogP contribution in [-0.2, 0) is 4.79 Å². The molecule has 0 aromatic carbocycles. The maximum absolute atomic E-state index is 10.4. The first kappa shape index (κ1) is 21.9. The topological polar surface area (TPSA) is 57.5 Å². The van der Waals surface area contributed by atoms with Crippen LogP contribution >= 0.6 is 0 Å². The Balaban J connectivity index is 3.27. The van der Waals surface area contributed by atoms with Gasteiger partial charge in [0.2, 0.25) is 0 Å². The Bertz CT molecular complexity index is 321. The molecule has 0 fully saturated rings. The van der Waals surface area contributed by atoms with Gasteiger partial charge in [-0.05, 0) is 44.9 Å². The average Bonchev–Trinajstić information content (AvgIpc) is 2.52. The van der Waals surface area contributed by atoms with Crippen LogP contribution in [0.15, 0.2) is 24.3 Å². The van der Waals surface area contributed by atoms with Gasteiger partial charge in [0.05, 0.1) is 6.10 Å². The minimum Gasteiger partial charge on any atom is -0.481 e. The van der Waals surface area contributed by atoms with E-state index in [0.29, 0.717) is 6.42 Å². The van der Waals surface area contributed by atoms with Crippen LogP contribution in [0.3, 0.4) is 0 Å². The van der Waals surface area contributed by atoms with Gasteiger partial charge >= 0.3 is 5.97 Å². The van der Waals surface area contributed by atoms with E-state index in [-0.39, 0.29) is 6.10 Å². The van der Waals surface area contributed by atoms with Crippen molar-refractivity contribution in [1.82, 2.24) is 0 Å². The first-order valence-corrected chi connectivity index (χ1v) is 9.36. The zero-order chi connectivity index (χ0) is 17.2. The Hall–Kier alpha value is -1.09. The van der Waals surface area contributed by atoms with Gasteiger partial charge < -0.3 is 10.2 Å². The summed E-state index contributed by atoms with van der Waals surface area (Å²) >= 11 is 0. The quantitative estimate of drug-likeness (QED) is 0.285. The van der Waals surface area contributed by atoms with Gasteiger partial charge in [-0.3, -0.25) is 4.79 Å². The number of carboxylic acids is 1. The predicted octanol–water partition coefficient (Wildman–Crippen LogP) is 5.64. The molecule has 134 valence electrons. The fourth-order valence-corrected chi connectivity index (χ4v) is 2.48. The maximum atomic E-state index is 10.4. The van der Waals surface area contributed by atoms with Crippen molar-refractivity contribution in [2.45, 2.75) is 96.5 Å². The predicted molar refractivity (Wildman–Crippen MR) is 97.6 cm³/mol. The van der Waals surface area contributed by atoms with E-state index in [1.54, 1.807) is 0 Å². The molecule has 0 bridgehead atoms. The molecule has 0 aromatic heterocycles. The monoisotopic (exact) mass is 324 g/mol. The van der Waals surface area contributed by atoms with Crippen LogP contribution < -0.4 is 0 Å². The van der Waals surface area contributed by atoms with Crippen LogP contribution in [0.5, 0.6) is 0 Å². The number of carboxylic acid groups (broad SMARTS) is 1. The van der Waals surface area contributed by atoms with Gasteiger partial charge in [0.15, 0.2) is 0 Å². The maximum Gasteiger partial charge on any atom is 0.303 e. The average molecular weight is 325 g/mol. The van der Waals surface area contributed by atoms with E-state index in [4.69, 9.17) is 5.11 Å². The van der Waals surface area contributed by atoms with Crippen LogP contribution in [0, 0.1) is 0 Å². The fourth-order valence-electron chi connectivity index (χ4n) is 2.48. The lowest BCUT2D eigenvalue weighted by atomic mass is 10.1. The summed E-state index contributed by atoms with van der Waals surface area (Å²) in [6.45, 7) is 2.12. The number of unbranched alkanes of at least 4 members (excludes halogenated alkanes) is 7. The largest absolute Gasteiger partial charge is 0.481 e. The second-order valence-corrected chi connectivity index (χ2v) is 6.23. The van der Waals surface area contributed by atoms with Gasteiger partial charge in [0.1, 0.15) is 0 Å².